The van der Waals surface area contributed by atoms with Crippen LogP contribution in [0.2, 0.25) is 0 Å². The zero-order chi connectivity index (χ0) is 19.2. The number of carbonyl (C=O) groups is 1. The number of aliphatic imine (C=N–C) groups is 1. The summed E-state index contributed by atoms with van der Waals surface area (Å²) in [5.74, 6) is 1.90. The largest absolute Gasteiger partial charge is 0.369 e. The number of nitrogens with one attached hydrogen (secondary N) is 1. The molecule has 6 nitrogen and oxygen atoms in total. The highest BCUT2D eigenvalue weighted by Gasteiger charge is 2.58. The molecule has 0 radical (unpaired) electrons. The molecule has 5 fully saturated rings. The Morgan fingerprint density at radius 1 is 1.37 bits per heavy atom. The van der Waals surface area contributed by atoms with Gasteiger partial charge in [0.15, 0.2) is 0 Å². The van der Waals surface area contributed by atoms with Crippen LogP contribution >= 0.6 is 0 Å². The smallest absolute Gasteiger partial charge is 0.223 e. The van der Waals surface area contributed by atoms with Crippen molar-refractivity contribution in [1.29, 1.82) is 5.26 Å². The summed E-state index contributed by atoms with van der Waals surface area (Å²) in [6.45, 7) is 3.23. The number of hydrogen-bond acceptors (Lipinski definition) is 4. The van der Waals surface area contributed by atoms with E-state index in [0.29, 0.717) is 36.6 Å². The summed E-state index contributed by atoms with van der Waals surface area (Å²) in [7, 11) is 0. The van der Waals surface area contributed by atoms with Crippen LogP contribution in [0.5, 0.6) is 0 Å². The molecule has 1 aliphatic heterocycles. The molecule has 0 spiro atoms. The lowest BCUT2D eigenvalue weighted by Crippen LogP contribution is -2.63. The summed E-state index contributed by atoms with van der Waals surface area (Å²) in [6, 6.07) is 0.125. The van der Waals surface area contributed by atoms with Gasteiger partial charge in [-0.15, -0.1) is 0 Å². The lowest BCUT2D eigenvalue weighted by atomic mass is 9.47. The van der Waals surface area contributed by atoms with E-state index in [9.17, 15) is 14.4 Å². The molecule has 148 valence electrons. The van der Waals surface area contributed by atoms with E-state index >= 15 is 0 Å². The molecule has 1 heterocycles. The van der Waals surface area contributed by atoms with Gasteiger partial charge in [0, 0.05) is 18.0 Å². The first-order chi connectivity index (χ1) is 12.9. The summed E-state index contributed by atoms with van der Waals surface area (Å²) < 4.78 is 13.8. The number of alkyl halides is 1. The van der Waals surface area contributed by atoms with Crippen molar-refractivity contribution in [3.63, 3.8) is 0 Å². The molecule has 0 aromatic heterocycles. The van der Waals surface area contributed by atoms with Gasteiger partial charge in [0.25, 0.3) is 0 Å². The second-order valence-corrected chi connectivity index (χ2v) is 9.29. The Hall–Kier alpha value is -1.68. The Kier molecular flexibility index (Phi) is 4.87. The Labute approximate surface area is 160 Å². The number of amides is 1. The van der Waals surface area contributed by atoms with E-state index in [-0.39, 0.29) is 23.4 Å². The molecule has 4 saturated carbocycles. The third-order valence-electron chi connectivity index (χ3n) is 7.62. The molecular weight excluding hydrogens is 345 g/mol. The highest BCUT2D eigenvalue weighted by Crippen LogP contribution is 2.59. The van der Waals surface area contributed by atoms with Crippen molar-refractivity contribution in [2.75, 3.05) is 13.1 Å². The highest BCUT2D eigenvalue weighted by atomic mass is 19.1. The number of nitrogens with zero attached hydrogens (tertiary/aromatic N) is 3. The van der Waals surface area contributed by atoms with E-state index in [1.165, 1.54) is 0 Å². The van der Waals surface area contributed by atoms with Crippen molar-refractivity contribution >= 4 is 11.7 Å². The first kappa shape index (κ1) is 18.7. The lowest BCUT2D eigenvalue weighted by Gasteiger charge is -2.59. The van der Waals surface area contributed by atoms with Crippen LogP contribution in [0, 0.1) is 34.6 Å². The van der Waals surface area contributed by atoms with Gasteiger partial charge in [-0.2, -0.15) is 10.3 Å². The molecule has 4 bridgehead atoms. The second kappa shape index (κ2) is 7.05. The van der Waals surface area contributed by atoms with Crippen LogP contribution in [0.25, 0.3) is 0 Å². The highest BCUT2D eigenvalue weighted by molar-refractivity contribution is 5.88. The molecule has 27 heavy (non-hydrogen) atoms. The zero-order valence-corrected chi connectivity index (χ0v) is 16.0. The quantitative estimate of drug-likeness (QED) is 0.446. The maximum Gasteiger partial charge on any atom is 0.223 e. The molecule has 7 heteroatoms. The average molecular weight is 375 g/mol. The standard InChI is InChI=1S/C20H30FN5O/c1-12(26-4-2-3-16(21)10-26)18(24-11-22)25-17-14-5-13-6-15(17)9-20(7-13,8-14)19(23)27/h12-17H,2-10H2,1H3,(H2,23,27)(H,24,25). The van der Waals surface area contributed by atoms with Gasteiger partial charge in [-0.1, -0.05) is 0 Å². The summed E-state index contributed by atoms with van der Waals surface area (Å²) in [6.07, 6.45) is 7.45. The normalized spacial score (nSPS) is 42.6. The molecule has 5 aliphatic rings. The molecule has 4 aliphatic carbocycles. The van der Waals surface area contributed by atoms with Crippen LogP contribution in [-0.2, 0) is 4.79 Å². The molecule has 3 N–H and O–H groups in total. The first-order valence-electron chi connectivity index (χ1n) is 10.3. The van der Waals surface area contributed by atoms with Crippen LogP contribution < -0.4 is 11.1 Å². The Morgan fingerprint density at radius 2 is 2.07 bits per heavy atom. The average Bonchev–Trinajstić information content (AvgIpc) is 2.62. The third kappa shape index (κ3) is 3.33. The lowest BCUT2D eigenvalue weighted by molar-refractivity contribution is -0.145. The van der Waals surface area contributed by atoms with Gasteiger partial charge >= 0.3 is 0 Å². The Balaban J connectivity index is 1.49. The van der Waals surface area contributed by atoms with Crippen LogP contribution in [0.15, 0.2) is 4.99 Å². The number of piperidine rings is 1. The summed E-state index contributed by atoms with van der Waals surface area (Å²) in [4.78, 5) is 18.3. The van der Waals surface area contributed by atoms with Crippen LogP contribution in [0.1, 0.15) is 51.9 Å². The molecule has 1 saturated heterocycles. The molecule has 4 unspecified atom stereocenters. The van der Waals surface area contributed by atoms with E-state index in [4.69, 9.17) is 5.73 Å². The minimum Gasteiger partial charge on any atom is -0.369 e. The van der Waals surface area contributed by atoms with Gasteiger partial charge < -0.3 is 11.1 Å². The molecule has 1 amide bonds. The molecule has 5 rings (SSSR count). The number of hydrogen-bond donors (Lipinski definition) is 2. The maximum absolute atomic E-state index is 13.8. The van der Waals surface area contributed by atoms with E-state index in [2.05, 4.69) is 15.2 Å². The van der Waals surface area contributed by atoms with Gasteiger partial charge in [0.2, 0.25) is 12.1 Å². The molecule has 4 atom stereocenters. The molecular formula is C20H30FN5O. The minimum atomic E-state index is -0.805. The molecule has 0 aromatic rings. The number of primary amides is 1. The number of halogens is 1. The van der Waals surface area contributed by atoms with E-state index < -0.39 is 6.17 Å². The van der Waals surface area contributed by atoms with Gasteiger partial charge in [-0.05, 0) is 76.2 Å². The van der Waals surface area contributed by atoms with Crippen LogP contribution in [-0.4, -0.2) is 48.0 Å². The van der Waals surface area contributed by atoms with Crippen LogP contribution in [0.3, 0.4) is 0 Å². The monoisotopic (exact) mass is 375 g/mol. The van der Waals surface area contributed by atoms with E-state index in [1.807, 2.05) is 13.1 Å². The minimum absolute atomic E-state index is 0.106. The number of nitriles is 1. The zero-order valence-electron chi connectivity index (χ0n) is 16.0. The summed E-state index contributed by atoms with van der Waals surface area (Å²) in [5.41, 5.74) is 5.46. The number of nitrogens with two attached hydrogens (primary N) is 1. The van der Waals surface area contributed by atoms with E-state index in [0.717, 1.165) is 45.1 Å². The van der Waals surface area contributed by atoms with Crippen molar-refractivity contribution < 1.29 is 9.18 Å². The van der Waals surface area contributed by atoms with Gasteiger partial charge in [-0.25, -0.2) is 4.39 Å². The van der Waals surface area contributed by atoms with Crippen molar-refractivity contribution in [3.8, 4) is 6.19 Å². The Morgan fingerprint density at radius 3 is 2.67 bits per heavy atom. The van der Waals surface area contributed by atoms with E-state index in [1.54, 1.807) is 0 Å². The van der Waals surface area contributed by atoms with Gasteiger partial charge in [-0.3, -0.25) is 9.69 Å². The number of amidine groups is 1. The fraction of sp³-hybridized carbons (Fsp3) is 0.850. The summed E-state index contributed by atoms with van der Waals surface area (Å²) in [5, 5.41) is 12.8. The predicted molar refractivity (Wildman–Crippen MR) is 100 cm³/mol. The summed E-state index contributed by atoms with van der Waals surface area (Å²) >= 11 is 0. The number of rotatable bonds is 4. The fourth-order valence-electron chi connectivity index (χ4n) is 6.51. The van der Waals surface area contributed by atoms with Crippen molar-refractivity contribution in [2.24, 2.45) is 33.9 Å². The maximum atomic E-state index is 13.8. The van der Waals surface area contributed by atoms with Gasteiger partial charge in [0.05, 0.1) is 6.04 Å². The van der Waals surface area contributed by atoms with Gasteiger partial charge in [0.1, 0.15) is 12.0 Å². The topological polar surface area (TPSA) is 94.5 Å². The van der Waals surface area contributed by atoms with Crippen molar-refractivity contribution in [2.45, 2.75) is 70.1 Å². The number of carbonyl (C=O) groups excluding carboxylic acids is 1. The van der Waals surface area contributed by atoms with Crippen LogP contribution in [0.4, 0.5) is 4.39 Å². The number of likely N-dealkylation sites (tertiary alicyclic amines) is 1. The SMILES string of the molecule is CC(/C(=N\C#N)NC1C2CC3CC1CC(C(N)=O)(C3)C2)N1CCCC(F)C1. The second-order valence-electron chi connectivity index (χ2n) is 9.29. The fourth-order valence-corrected chi connectivity index (χ4v) is 6.51. The van der Waals surface area contributed by atoms with Crippen molar-refractivity contribution in [1.82, 2.24) is 10.2 Å². The third-order valence-corrected chi connectivity index (χ3v) is 7.62. The molecule has 0 aromatic carbocycles. The predicted octanol–water partition coefficient (Wildman–Crippen LogP) is 1.96. The Bertz CT molecular complexity index is 658. The first-order valence-corrected chi connectivity index (χ1v) is 10.3. The van der Waals surface area contributed by atoms with Crippen molar-refractivity contribution in [3.05, 3.63) is 0 Å².